The van der Waals surface area contributed by atoms with Gasteiger partial charge in [0.25, 0.3) is 5.91 Å². The molecule has 2 aromatic rings. The summed E-state index contributed by atoms with van der Waals surface area (Å²) in [6, 6.07) is 7.04. The largest absolute Gasteiger partial charge is 0.496 e. The van der Waals surface area contributed by atoms with Gasteiger partial charge in [-0.25, -0.2) is 4.79 Å². The Morgan fingerprint density at radius 3 is 2.70 bits per heavy atom. The van der Waals surface area contributed by atoms with Crippen LogP contribution in [0.2, 0.25) is 0 Å². The summed E-state index contributed by atoms with van der Waals surface area (Å²) in [6.07, 6.45) is 2.58. The molecule has 0 radical (unpaired) electrons. The second-order valence-electron chi connectivity index (χ2n) is 7.16. The molecule has 1 aliphatic rings. The monoisotopic (exact) mass is 387 g/mol. The average molecular weight is 388 g/mol. The van der Waals surface area contributed by atoms with Gasteiger partial charge in [0.1, 0.15) is 10.8 Å². The Kier molecular flexibility index (Phi) is 5.85. The fourth-order valence-corrected chi connectivity index (χ4v) is 4.72. The van der Waals surface area contributed by atoms with Gasteiger partial charge in [0.05, 0.1) is 24.3 Å². The number of hydrogen-bond acceptors (Lipinski definition) is 5. The van der Waals surface area contributed by atoms with E-state index in [-0.39, 0.29) is 18.0 Å². The van der Waals surface area contributed by atoms with Crippen LogP contribution < -0.4 is 10.1 Å². The molecule has 1 N–H and O–H groups in total. The summed E-state index contributed by atoms with van der Waals surface area (Å²) in [5.74, 6) is 0.407. The molecular weight excluding hydrogens is 362 g/mol. The van der Waals surface area contributed by atoms with Crippen LogP contribution in [0.4, 0.5) is 5.00 Å². The molecule has 0 unspecified atom stereocenters. The quantitative estimate of drug-likeness (QED) is 0.756. The third-order valence-corrected chi connectivity index (χ3v) is 5.81. The second kappa shape index (κ2) is 8.13. The van der Waals surface area contributed by atoms with Gasteiger partial charge in [-0.05, 0) is 56.7 Å². The molecule has 1 amide bonds. The van der Waals surface area contributed by atoms with Gasteiger partial charge in [0, 0.05) is 4.88 Å². The molecule has 0 saturated heterocycles. The van der Waals surface area contributed by atoms with E-state index in [1.807, 2.05) is 19.9 Å². The number of fused-ring (bicyclic) bond motifs is 1. The number of methoxy groups -OCH3 is 1. The molecular formula is C21H25NO4S. The Hall–Kier alpha value is -2.34. The first-order valence-corrected chi connectivity index (χ1v) is 10.0. The zero-order valence-corrected chi connectivity index (χ0v) is 16.9. The van der Waals surface area contributed by atoms with E-state index in [4.69, 9.17) is 9.47 Å². The SMILES string of the molecule is COc1ccccc1C(=O)Nc1sc2c(c1C(=O)OC(C)C)CC[C@H](C)C2. The fraction of sp³-hybridized carbons (Fsp3) is 0.429. The lowest BCUT2D eigenvalue weighted by Crippen LogP contribution is -2.19. The molecule has 27 heavy (non-hydrogen) atoms. The highest BCUT2D eigenvalue weighted by molar-refractivity contribution is 7.17. The number of carbonyl (C=O) groups is 2. The van der Waals surface area contributed by atoms with E-state index in [9.17, 15) is 9.59 Å². The summed E-state index contributed by atoms with van der Waals surface area (Å²) >= 11 is 1.48. The van der Waals surface area contributed by atoms with Crippen molar-refractivity contribution in [1.29, 1.82) is 0 Å². The van der Waals surface area contributed by atoms with Crippen molar-refractivity contribution in [2.75, 3.05) is 12.4 Å². The van der Waals surface area contributed by atoms with Crippen molar-refractivity contribution in [3.63, 3.8) is 0 Å². The molecule has 1 aliphatic carbocycles. The third-order valence-electron chi connectivity index (χ3n) is 4.64. The summed E-state index contributed by atoms with van der Waals surface area (Å²) in [4.78, 5) is 26.7. The van der Waals surface area contributed by atoms with Crippen molar-refractivity contribution in [2.24, 2.45) is 5.92 Å². The topological polar surface area (TPSA) is 64.6 Å². The molecule has 1 aromatic heterocycles. The summed E-state index contributed by atoms with van der Waals surface area (Å²) < 4.78 is 10.7. The van der Waals surface area contributed by atoms with Crippen molar-refractivity contribution in [1.82, 2.24) is 0 Å². The first-order valence-electron chi connectivity index (χ1n) is 9.20. The Morgan fingerprint density at radius 1 is 1.26 bits per heavy atom. The maximum Gasteiger partial charge on any atom is 0.341 e. The lowest BCUT2D eigenvalue weighted by atomic mass is 9.88. The molecule has 3 rings (SSSR count). The van der Waals surface area contributed by atoms with Crippen molar-refractivity contribution in [3.05, 3.63) is 45.8 Å². The van der Waals surface area contributed by atoms with E-state index in [0.29, 0.717) is 27.8 Å². The standard InChI is InChI=1S/C21H25NO4S/c1-12(2)26-21(24)18-15-10-9-13(3)11-17(15)27-20(18)22-19(23)14-7-5-6-8-16(14)25-4/h5-8,12-13H,9-11H2,1-4H3,(H,22,23)/t13-/m0/s1. The molecule has 0 saturated carbocycles. The molecule has 1 aromatic carbocycles. The number of carbonyl (C=O) groups excluding carboxylic acids is 2. The lowest BCUT2D eigenvalue weighted by Gasteiger charge is -2.19. The maximum atomic E-state index is 12.8. The van der Waals surface area contributed by atoms with Crippen LogP contribution in [0.15, 0.2) is 24.3 Å². The molecule has 1 heterocycles. The van der Waals surface area contributed by atoms with Crippen LogP contribution in [0, 0.1) is 5.92 Å². The molecule has 0 bridgehead atoms. The highest BCUT2D eigenvalue weighted by atomic mass is 32.1. The van der Waals surface area contributed by atoms with Crippen LogP contribution in [0.5, 0.6) is 5.75 Å². The second-order valence-corrected chi connectivity index (χ2v) is 8.27. The fourth-order valence-electron chi connectivity index (χ4n) is 3.33. The number of hydrogen-bond donors (Lipinski definition) is 1. The average Bonchev–Trinajstić information content (AvgIpc) is 2.97. The first-order chi connectivity index (χ1) is 12.9. The summed E-state index contributed by atoms with van der Waals surface area (Å²) in [5.41, 5.74) is 1.97. The van der Waals surface area contributed by atoms with Crippen LogP contribution in [0.25, 0.3) is 0 Å². The van der Waals surface area contributed by atoms with E-state index >= 15 is 0 Å². The molecule has 6 heteroatoms. The van der Waals surface area contributed by atoms with E-state index in [1.54, 1.807) is 18.2 Å². The first kappa shape index (κ1) is 19.4. The molecule has 1 atom stereocenters. The van der Waals surface area contributed by atoms with Gasteiger partial charge in [0.2, 0.25) is 0 Å². The van der Waals surface area contributed by atoms with Gasteiger partial charge in [-0.15, -0.1) is 11.3 Å². The Balaban J connectivity index is 1.96. The molecule has 144 valence electrons. The van der Waals surface area contributed by atoms with Crippen LogP contribution in [0.1, 0.15) is 58.3 Å². The zero-order chi connectivity index (χ0) is 19.6. The van der Waals surface area contributed by atoms with E-state index in [1.165, 1.54) is 23.3 Å². The van der Waals surface area contributed by atoms with Gasteiger partial charge >= 0.3 is 5.97 Å². The molecule has 0 aliphatic heterocycles. The number of para-hydroxylation sites is 1. The van der Waals surface area contributed by atoms with Crippen molar-refractivity contribution in [2.45, 2.75) is 46.1 Å². The number of benzene rings is 1. The third kappa shape index (κ3) is 4.16. The van der Waals surface area contributed by atoms with E-state index in [2.05, 4.69) is 12.2 Å². The highest BCUT2D eigenvalue weighted by Gasteiger charge is 2.30. The van der Waals surface area contributed by atoms with E-state index < -0.39 is 0 Å². The number of rotatable bonds is 5. The van der Waals surface area contributed by atoms with Gasteiger partial charge in [-0.3, -0.25) is 4.79 Å². The Labute approximate surface area is 163 Å². The lowest BCUT2D eigenvalue weighted by molar-refractivity contribution is 0.0378. The molecule has 0 spiro atoms. The van der Waals surface area contributed by atoms with Crippen molar-refractivity contribution >= 4 is 28.2 Å². The van der Waals surface area contributed by atoms with Crippen LogP contribution >= 0.6 is 11.3 Å². The minimum Gasteiger partial charge on any atom is -0.496 e. The minimum absolute atomic E-state index is 0.215. The zero-order valence-electron chi connectivity index (χ0n) is 16.1. The predicted octanol–water partition coefficient (Wildman–Crippen LogP) is 4.70. The van der Waals surface area contributed by atoms with Gasteiger partial charge < -0.3 is 14.8 Å². The maximum absolute atomic E-state index is 12.8. The van der Waals surface area contributed by atoms with Crippen molar-refractivity contribution < 1.29 is 19.1 Å². The van der Waals surface area contributed by atoms with Gasteiger partial charge in [0.15, 0.2) is 0 Å². The number of ether oxygens (including phenoxy) is 2. The molecule has 0 fully saturated rings. The van der Waals surface area contributed by atoms with E-state index in [0.717, 1.165) is 24.8 Å². The van der Waals surface area contributed by atoms with Crippen LogP contribution in [0.3, 0.4) is 0 Å². The number of amides is 1. The number of anilines is 1. The highest BCUT2D eigenvalue weighted by Crippen LogP contribution is 2.40. The number of esters is 1. The number of nitrogens with one attached hydrogen (secondary N) is 1. The summed E-state index contributed by atoms with van der Waals surface area (Å²) in [5, 5.41) is 3.49. The smallest absolute Gasteiger partial charge is 0.341 e. The normalized spacial score (nSPS) is 16.0. The Bertz CT molecular complexity index is 856. The summed E-state index contributed by atoms with van der Waals surface area (Å²) in [6.45, 7) is 5.86. The Morgan fingerprint density at radius 2 is 2.00 bits per heavy atom. The molecule has 5 nitrogen and oxygen atoms in total. The van der Waals surface area contributed by atoms with Gasteiger partial charge in [-0.1, -0.05) is 19.1 Å². The van der Waals surface area contributed by atoms with Crippen LogP contribution in [-0.2, 0) is 17.6 Å². The van der Waals surface area contributed by atoms with Crippen LogP contribution in [-0.4, -0.2) is 25.1 Å². The summed E-state index contributed by atoms with van der Waals surface area (Å²) in [7, 11) is 1.53. The van der Waals surface area contributed by atoms with Crippen molar-refractivity contribution in [3.8, 4) is 5.75 Å². The minimum atomic E-state index is -0.368. The predicted molar refractivity (Wildman–Crippen MR) is 107 cm³/mol. The van der Waals surface area contributed by atoms with Gasteiger partial charge in [-0.2, -0.15) is 0 Å². The number of thiophene rings is 1.